The predicted molar refractivity (Wildman–Crippen MR) is 75.5 cm³/mol. The van der Waals surface area contributed by atoms with Gasteiger partial charge >= 0.3 is 0 Å². The largest absolute Gasteiger partial charge is 0.314 e. The fourth-order valence-electron chi connectivity index (χ4n) is 1.64. The number of rotatable bonds is 5. The van der Waals surface area contributed by atoms with Gasteiger partial charge in [0.1, 0.15) is 5.82 Å². The van der Waals surface area contributed by atoms with E-state index < -0.39 is 0 Å². The highest BCUT2D eigenvalue weighted by Gasteiger charge is 2.01. The molecule has 18 heavy (non-hydrogen) atoms. The van der Waals surface area contributed by atoms with Crippen LogP contribution in [-0.4, -0.2) is 17.0 Å². The molecule has 1 aromatic heterocycles. The minimum absolute atomic E-state index is 0.782. The van der Waals surface area contributed by atoms with E-state index in [4.69, 9.17) is 0 Å². The Morgan fingerprint density at radius 1 is 1.28 bits per heavy atom. The van der Waals surface area contributed by atoms with Gasteiger partial charge in [0.2, 0.25) is 0 Å². The SMILES string of the molecule is CNCc1ccnc(CSc2cccc(C)c2)n1. The summed E-state index contributed by atoms with van der Waals surface area (Å²) in [6.45, 7) is 2.89. The lowest BCUT2D eigenvalue weighted by molar-refractivity contribution is 0.777. The van der Waals surface area contributed by atoms with Gasteiger partial charge in [0, 0.05) is 17.6 Å². The average Bonchev–Trinajstić information content (AvgIpc) is 2.37. The van der Waals surface area contributed by atoms with Crippen molar-refractivity contribution in [2.24, 2.45) is 0 Å². The molecule has 2 rings (SSSR count). The third kappa shape index (κ3) is 3.82. The zero-order valence-electron chi connectivity index (χ0n) is 10.7. The Hall–Kier alpha value is -1.39. The summed E-state index contributed by atoms with van der Waals surface area (Å²) in [5.74, 6) is 1.69. The first-order valence-electron chi connectivity index (χ1n) is 5.93. The molecule has 1 aromatic carbocycles. The molecule has 0 aliphatic rings. The molecule has 94 valence electrons. The maximum Gasteiger partial charge on any atom is 0.138 e. The molecule has 0 saturated carbocycles. The van der Waals surface area contributed by atoms with Gasteiger partial charge in [-0.05, 0) is 32.2 Å². The first kappa shape index (κ1) is 13.1. The van der Waals surface area contributed by atoms with E-state index in [0.29, 0.717) is 0 Å². The molecule has 0 radical (unpaired) electrons. The Balaban J connectivity index is 1.99. The molecule has 1 N–H and O–H groups in total. The van der Waals surface area contributed by atoms with Gasteiger partial charge in [0.05, 0.1) is 11.4 Å². The third-order valence-electron chi connectivity index (χ3n) is 2.48. The van der Waals surface area contributed by atoms with E-state index in [1.54, 1.807) is 11.8 Å². The van der Waals surface area contributed by atoms with Gasteiger partial charge in [-0.1, -0.05) is 17.7 Å². The quantitative estimate of drug-likeness (QED) is 0.838. The number of aryl methyl sites for hydroxylation is 1. The molecule has 3 nitrogen and oxygen atoms in total. The molecule has 2 aromatic rings. The number of aromatic nitrogens is 2. The van der Waals surface area contributed by atoms with E-state index in [1.165, 1.54) is 10.5 Å². The van der Waals surface area contributed by atoms with Crippen LogP contribution in [0.2, 0.25) is 0 Å². The second-order valence-corrected chi connectivity index (χ2v) is 5.15. The zero-order chi connectivity index (χ0) is 12.8. The number of thioether (sulfide) groups is 1. The molecule has 0 bridgehead atoms. The lowest BCUT2D eigenvalue weighted by Crippen LogP contribution is -2.08. The lowest BCUT2D eigenvalue weighted by Gasteiger charge is -2.04. The van der Waals surface area contributed by atoms with Gasteiger partial charge in [0.25, 0.3) is 0 Å². The van der Waals surface area contributed by atoms with Gasteiger partial charge in [-0.25, -0.2) is 9.97 Å². The third-order valence-corrected chi connectivity index (χ3v) is 3.47. The van der Waals surface area contributed by atoms with E-state index in [0.717, 1.165) is 23.8 Å². The van der Waals surface area contributed by atoms with E-state index in [1.807, 2.05) is 19.3 Å². The molecule has 0 spiro atoms. The smallest absolute Gasteiger partial charge is 0.138 e. The lowest BCUT2D eigenvalue weighted by atomic mass is 10.2. The van der Waals surface area contributed by atoms with Crippen molar-refractivity contribution in [3.8, 4) is 0 Å². The van der Waals surface area contributed by atoms with Crippen LogP contribution in [0.5, 0.6) is 0 Å². The first-order valence-corrected chi connectivity index (χ1v) is 6.91. The summed E-state index contributed by atoms with van der Waals surface area (Å²) < 4.78 is 0. The van der Waals surface area contributed by atoms with Crippen molar-refractivity contribution in [2.45, 2.75) is 24.1 Å². The molecule has 0 atom stereocenters. The van der Waals surface area contributed by atoms with Crippen molar-refractivity contribution in [2.75, 3.05) is 7.05 Å². The summed E-state index contributed by atoms with van der Waals surface area (Å²) in [7, 11) is 1.92. The topological polar surface area (TPSA) is 37.8 Å². The van der Waals surface area contributed by atoms with Crippen molar-refractivity contribution in [1.29, 1.82) is 0 Å². The Morgan fingerprint density at radius 3 is 2.94 bits per heavy atom. The fraction of sp³-hybridized carbons (Fsp3) is 0.286. The molecule has 0 amide bonds. The van der Waals surface area contributed by atoms with E-state index in [2.05, 4.69) is 46.5 Å². The fourth-order valence-corrected chi connectivity index (χ4v) is 2.52. The van der Waals surface area contributed by atoms with Crippen LogP contribution < -0.4 is 5.32 Å². The van der Waals surface area contributed by atoms with Crippen molar-refractivity contribution in [3.63, 3.8) is 0 Å². The van der Waals surface area contributed by atoms with Gasteiger partial charge < -0.3 is 5.32 Å². The summed E-state index contributed by atoms with van der Waals surface area (Å²) in [6, 6.07) is 10.4. The van der Waals surface area contributed by atoms with E-state index >= 15 is 0 Å². The maximum absolute atomic E-state index is 4.51. The van der Waals surface area contributed by atoms with Crippen LogP contribution in [0.4, 0.5) is 0 Å². The standard InChI is InChI=1S/C14H17N3S/c1-11-4-3-5-13(8-11)18-10-14-16-7-6-12(17-14)9-15-2/h3-8,15H,9-10H2,1-2H3. The molecule has 0 saturated heterocycles. The molecule has 0 unspecified atom stereocenters. The van der Waals surface area contributed by atoms with Gasteiger partial charge in [-0.2, -0.15) is 0 Å². The van der Waals surface area contributed by atoms with Gasteiger partial charge in [-0.3, -0.25) is 0 Å². The first-order chi connectivity index (χ1) is 8.78. The highest BCUT2D eigenvalue weighted by molar-refractivity contribution is 7.98. The molecule has 4 heteroatoms. The second-order valence-electron chi connectivity index (χ2n) is 4.10. The highest BCUT2D eigenvalue weighted by Crippen LogP contribution is 2.21. The number of nitrogens with zero attached hydrogens (tertiary/aromatic N) is 2. The Kier molecular flexibility index (Phi) is 4.73. The van der Waals surface area contributed by atoms with Crippen LogP contribution in [0.15, 0.2) is 41.4 Å². The molecular weight excluding hydrogens is 242 g/mol. The minimum Gasteiger partial charge on any atom is -0.314 e. The Bertz CT molecular complexity index is 514. The van der Waals surface area contributed by atoms with E-state index in [9.17, 15) is 0 Å². The van der Waals surface area contributed by atoms with Gasteiger partial charge in [0.15, 0.2) is 0 Å². The average molecular weight is 259 g/mol. The second kappa shape index (κ2) is 6.52. The number of benzene rings is 1. The van der Waals surface area contributed by atoms with Crippen molar-refractivity contribution in [1.82, 2.24) is 15.3 Å². The number of nitrogens with one attached hydrogen (secondary N) is 1. The van der Waals surface area contributed by atoms with Crippen molar-refractivity contribution in [3.05, 3.63) is 53.6 Å². The van der Waals surface area contributed by atoms with Gasteiger partial charge in [-0.15, -0.1) is 11.8 Å². The maximum atomic E-state index is 4.51. The summed E-state index contributed by atoms with van der Waals surface area (Å²) in [6.07, 6.45) is 1.83. The zero-order valence-corrected chi connectivity index (χ0v) is 11.5. The highest BCUT2D eigenvalue weighted by atomic mass is 32.2. The summed E-state index contributed by atoms with van der Waals surface area (Å²) in [4.78, 5) is 10.1. The molecular formula is C14H17N3S. The summed E-state index contributed by atoms with van der Waals surface area (Å²) in [5, 5.41) is 3.10. The minimum atomic E-state index is 0.782. The van der Waals surface area contributed by atoms with Crippen LogP contribution in [0.1, 0.15) is 17.1 Å². The molecule has 0 fully saturated rings. The summed E-state index contributed by atoms with van der Waals surface area (Å²) >= 11 is 1.77. The number of hydrogen-bond donors (Lipinski definition) is 1. The number of hydrogen-bond acceptors (Lipinski definition) is 4. The van der Waals surface area contributed by atoms with Crippen LogP contribution in [-0.2, 0) is 12.3 Å². The van der Waals surface area contributed by atoms with Crippen LogP contribution in [0.25, 0.3) is 0 Å². The monoisotopic (exact) mass is 259 g/mol. The molecule has 0 aliphatic carbocycles. The van der Waals surface area contributed by atoms with E-state index in [-0.39, 0.29) is 0 Å². The molecule has 1 heterocycles. The Morgan fingerprint density at radius 2 is 2.17 bits per heavy atom. The van der Waals surface area contributed by atoms with Crippen LogP contribution in [0.3, 0.4) is 0 Å². The summed E-state index contributed by atoms with van der Waals surface area (Å²) in [5.41, 5.74) is 2.32. The van der Waals surface area contributed by atoms with Crippen LogP contribution >= 0.6 is 11.8 Å². The predicted octanol–water partition coefficient (Wildman–Crippen LogP) is 2.80. The van der Waals surface area contributed by atoms with Crippen molar-refractivity contribution >= 4 is 11.8 Å². The Labute approximate surface area is 112 Å². The normalized spacial score (nSPS) is 10.6. The van der Waals surface area contributed by atoms with Crippen LogP contribution in [0, 0.1) is 6.92 Å². The molecule has 0 aliphatic heterocycles. The van der Waals surface area contributed by atoms with Crippen molar-refractivity contribution < 1.29 is 0 Å².